The Labute approximate surface area is 116 Å². The number of para-hydroxylation sites is 1. The molecule has 0 atom stereocenters. The fourth-order valence-electron chi connectivity index (χ4n) is 2.59. The molecule has 20 heavy (non-hydrogen) atoms. The van der Waals surface area contributed by atoms with Crippen LogP contribution in [0.4, 0.5) is 11.5 Å². The molecular weight excluding hydrogens is 254 g/mol. The van der Waals surface area contributed by atoms with Gasteiger partial charge in [-0.05, 0) is 30.9 Å². The van der Waals surface area contributed by atoms with E-state index in [9.17, 15) is 9.90 Å². The molecule has 5 heteroatoms. The molecule has 5 nitrogen and oxygen atoms in total. The largest absolute Gasteiger partial charge is 0.476 e. The van der Waals surface area contributed by atoms with Gasteiger partial charge in [0, 0.05) is 24.6 Å². The van der Waals surface area contributed by atoms with E-state index in [0.29, 0.717) is 5.82 Å². The van der Waals surface area contributed by atoms with Crippen molar-refractivity contribution in [3.63, 3.8) is 0 Å². The van der Waals surface area contributed by atoms with Gasteiger partial charge in [-0.3, -0.25) is 0 Å². The minimum absolute atomic E-state index is 0.00389. The number of aromatic nitrogens is 2. The van der Waals surface area contributed by atoms with E-state index in [2.05, 4.69) is 16.0 Å². The normalized spacial score (nSPS) is 14.5. The van der Waals surface area contributed by atoms with Crippen molar-refractivity contribution in [2.45, 2.75) is 19.3 Å². The maximum Gasteiger partial charge on any atom is 0.358 e. The maximum absolute atomic E-state index is 11.3. The van der Waals surface area contributed by atoms with E-state index < -0.39 is 5.97 Å². The van der Waals surface area contributed by atoms with Crippen LogP contribution in [0, 0.1) is 0 Å². The van der Waals surface area contributed by atoms with E-state index in [1.165, 1.54) is 18.0 Å². The van der Waals surface area contributed by atoms with E-state index in [0.717, 1.165) is 31.5 Å². The lowest BCUT2D eigenvalue weighted by atomic mass is 10.1. The number of hydrogen-bond acceptors (Lipinski definition) is 4. The highest BCUT2D eigenvalue weighted by molar-refractivity contribution is 5.92. The van der Waals surface area contributed by atoms with Gasteiger partial charge in [0.2, 0.25) is 0 Å². The Morgan fingerprint density at radius 2 is 1.95 bits per heavy atom. The first-order valence-corrected chi connectivity index (χ1v) is 6.67. The predicted molar refractivity (Wildman–Crippen MR) is 75.4 cm³/mol. The van der Waals surface area contributed by atoms with Crippen LogP contribution in [-0.4, -0.2) is 27.6 Å². The zero-order valence-electron chi connectivity index (χ0n) is 11.0. The number of benzene rings is 1. The van der Waals surface area contributed by atoms with Crippen molar-refractivity contribution in [3.8, 4) is 0 Å². The van der Waals surface area contributed by atoms with Crippen molar-refractivity contribution in [1.82, 2.24) is 9.97 Å². The third-order valence-electron chi connectivity index (χ3n) is 3.50. The van der Waals surface area contributed by atoms with E-state index in [4.69, 9.17) is 0 Å². The van der Waals surface area contributed by atoms with Crippen LogP contribution >= 0.6 is 0 Å². The first-order chi connectivity index (χ1) is 9.77. The smallest absolute Gasteiger partial charge is 0.358 e. The minimum Gasteiger partial charge on any atom is -0.476 e. The Bertz CT molecular complexity index is 643. The Hall–Kier alpha value is -2.43. The standard InChI is InChI=1S/C15H15N3O2/c19-15(20)13-14(17-9-8-16-13)18-10-4-3-6-11-5-1-2-7-12(11)18/h1-2,5,7-9H,3-4,6,10H2,(H,19,20). The molecule has 1 aromatic heterocycles. The topological polar surface area (TPSA) is 66.3 Å². The van der Waals surface area contributed by atoms with Crippen molar-refractivity contribution in [3.05, 3.63) is 47.9 Å². The first-order valence-electron chi connectivity index (χ1n) is 6.67. The molecule has 1 N–H and O–H groups in total. The number of hydrogen-bond donors (Lipinski definition) is 1. The molecule has 0 bridgehead atoms. The van der Waals surface area contributed by atoms with Crippen LogP contribution in [0.3, 0.4) is 0 Å². The SMILES string of the molecule is O=C(O)c1nccnc1N1CCCCc2ccccc21. The van der Waals surface area contributed by atoms with Gasteiger partial charge in [-0.25, -0.2) is 14.8 Å². The zero-order valence-corrected chi connectivity index (χ0v) is 11.0. The third-order valence-corrected chi connectivity index (χ3v) is 3.50. The fraction of sp³-hybridized carbons (Fsp3) is 0.267. The number of aromatic carboxylic acids is 1. The Balaban J connectivity index is 2.13. The van der Waals surface area contributed by atoms with Gasteiger partial charge in [-0.15, -0.1) is 0 Å². The monoisotopic (exact) mass is 269 g/mol. The molecule has 2 heterocycles. The van der Waals surface area contributed by atoms with Gasteiger partial charge in [0.05, 0.1) is 0 Å². The van der Waals surface area contributed by atoms with Crippen LogP contribution in [0.25, 0.3) is 0 Å². The van der Waals surface area contributed by atoms with Gasteiger partial charge >= 0.3 is 5.97 Å². The first kappa shape index (κ1) is 12.6. The molecule has 1 aliphatic heterocycles. The average Bonchev–Trinajstić information content (AvgIpc) is 2.69. The molecule has 2 aromatic rings. The van der Waals surface area contributed by atoms with Gasteiger partial charge in [0.1, 0.15) is 0 Å². The molecule has 3 rings (SSSR count). The van der Waals surface area contributed by atoms with Crippen LogP contribution in [0.2, 0.25) is 0 Å². The van der Waals surface area contributed by atoms with Gasteiger partial charge in [-0.2, -0.15) is 0 Å². The second-order valence-corrected chi connectivity index (χ2v) is 4.77. The molecule has 0 unspecified atom stereocenters. The second kappa shape index (κ2) is 5.28. The molecule has 102 valence electrons. The van der Waals surface area contributed by atoms with E-state index in [1.54, 1.807) is 0 Å². The van der Waals surface area contributed by atoms with Gasteiger partial charge in [0.15, 0.2) is 11.5 Å². The summed E-state index contributed by atoms with van der Waals surface area (Å²) in [7, 11) is 0. The lowest BCUT2D eigenvalue weighted by molar-refractivity contribution is 0.0691. The number of carboxylic acids is 1. The van der Waals surface area contributed by atoms with Crippen LogP contribution in [0.5, 0.6) is 0 Å². The van der Waals surface area contributed by atoms with Crippen molar-refractivity contribution < 1.29 is 9.90 Å². The number of aryl methyl sites for hydroxylation is 1. The summed E-state index contributed by atoms with van der Waals surface area (Å²) in [5, 5.41) is 9.29. The highest BCUT2D eigenvalue weighted by Gasteiger charge is 2.23. The van der Waals surface area contributed by atoms with Gasteiger partial charge in [0.25, 0.3) is 0 Å². The zero-order chi connectivity index (χ0) is 13.9. The summed E-state index contributed by atoms with van der Waals surface area (Å²) >= 11 is 0. The number of anilines is 2. The second-order valence-electron chi connectivity index (χ2n) is 4.77. The van der Waals surface area contributed by atoms with Crippen LogP contribution in [-0.2, 0) is 6.42 Å². The molecule has 1 aromatic carbocycles. The molecular formula is C15H15N3O2. The van der Waals surface area contributed by atoms with E-state index in [1.807, 2.05) is 23.1 Å². The lowest BCUT2D eigenvalue weighted by Crippen LogP contribution is -2.22. The molecule has 0 aliphatic carbocycles. The van der Waals surface area contributed by atoms with Gasteiger partial charge < -0.3 is 10.0 Å². The van der Waals surface area contributed by atoms with Crippen LogP contribution < -0.4 is 4.90 Å². The lowest BCUT2D eigenvalue weighted by Gasteiger charge is -2.24. The van der Waals surface area contributed by atoms with Crippen LogP contribution in [0.15, 0.2) is 36.7 Å². The number of nitrogens with zero attached hydrogens (tertiary/aromatic N) is 3. The molecule has 0 amide bonds. The Morgan fingerprint density at radius 1 is 1.15 bits per heavy atom. The molecule has 1 aliphatic rings. The van der Waals surface area contributed by atoms with Crippen molar-refractivity contribution in [2.75, 3.05) is 11.4 Å². The van der Waals surface area contributed by atoms with E-state index >= 15 is 0 Å². The minimum atomic E-state index is -1.05. The molecule has 0 spiro atoms. The summed E-state index contributed by atoms with van der Waals surface area (Å²) in [4.78, 5) is 21.5. The van der Waals surface area contributed by atoms with Crippen molar-refractivity contribution in [1.29, 1.82) is 0 Å². The summed E-state index contributed by atoms with van der Waals surface area (Å²) < 4.78 is 0. The Morgan fingerprint density at radius 3 is 2.80 bits per heavy atom. The fourth-order valence-corrected chi connectivity index (χ4v) is 2.59. The summed E-state index contributed by atoms with van der Waals surface area (Å²) in [5.74, 6) is -0.621. The third kappa shape index (κ3) is 2.22. The Kier molecular flexibility index (Phi) is 3.33. The van der Waals surface area contributed by atoms with Crippen molar-refractivity contribution in [2.24, 2.45) is 0 Å². The van der Waals surface area contributed by atoms with Crippen LogP contribution in [0.1, 0.15) is 28.9 Å². The number of rotatable bonds is 2. The summed E-state index contributed by atoms with van der Waals surface area (Å²) in [5.41, 5.74) is 2.27. The molecule has 0 saturated carbocycles. The highest BCUT2D eigenvalue weighted by atomic mass is 16.4. The summed E-state index contributed by atoms with van der Waals surface area (Å²) in [6, 6.07) is 8.08. The maximum atomic E-state index is 11.3. The summed E-state index contributed by atoms with van der Waals surface area (Å²) in [6.45, 7) is 0.760. The van der Waals surface area contributed by atoms with Crippen molar-refractivity contribution >= 4 is 17.5 Å². The highest BCUT2D eigenvalue weighted by Crippen LogP contribution is 2.32. The number of carbonyl (C=O) groups is 1. The molecule has 0 fully saturated rings. The number of carboxylic acid groups (broad SMARTS) is 1. The number of fused-ring (bicyclic) bond motifs is 1. The predicted octanol–water partition coefficient (Wildman–Crippen LogP) is 2.65. The molecule has 0 saturated heterocycles. The van der Waals surface area contributed by atoms with E-state index in [-0.39, 0.29) is 5.69 Å². The summed E-state index contributed by atoms with van der Waals surface area (Å²) in [6.07, 6.45) is 6.06. The quantitative estimate of drug-likeness (QED) is 0.907. The molecule has 0 radical (unpaired) electrons. The average molecular weight is 269 g/mol. The van der Waals surface area contributed by atoms with Gasteiger partial charge in [-0.1, -0.05) is 18.2 Å².